The van der Waals surface area contributed by atoms with Gasteiger partial charge in [-0.25, -0.2) is 9.67 Å². The summed E-state index contributed by atoms with van der Waals surface area (Å²) in [5.74, 6) is -0.302. The zero-order valence-electron chi connectivity index (χ0n) is 11.1. The van der Waals surface area contributed by atoms with E-state index in [-0.39, 0.29) is 12.5 Å². The van der Waals surface area contributed by atoms with Crippen LogP contribution in [0.2, 0.25) is 5.02 Å². The van der Waals surface area contributed by atoms with Crippen LogP contribution in [0.25, 0.3) is 5.69 Å². The molecular weight excluding hydrogens is 294 g/mol. The maximum Gasteiger partial charge on any atom is 0.247 e. The molecule has 1 fully saturated rings. The number of nitrogens with zero attached hydrogens (tertiary/aromatic N) is 3. The van der Waals surface area contributed by atoms with Crippen molar-refractivity contribution in [2.45, 2.75) is 12.0 Å². The second kappa shape index (κ2) is 5.44. The number of nitrogens with one attached hydrogen (secondary N) is 1. The van der Waals surface area contributed by atoms with Gasteiger partial charge in [0.25, 0.3) is 0 Å². The van der Waals surface area contributed by atoms with E-state index >= 15 is 0 Å². The van der Waals surface area contributed by atoms with E-state index in [1.807, 2.05) is 0 Å². The molecule has 1 amide bonds. The van der Waals surface area contributed by atoms with Crippen LogP contribution in [0.3, 0.4) is 0 Å². The Kier molecular flexibility index (Phi) is 3.62. The van der Waals surface area contributed by atoms with Gasteiger partial charge in [-0.1, -0.05) is 11.6 Å². The lowest BCUT2D eigenvalue weighted by molar-refractivity contribution is -0.121. The van der Waals surface area contributed by atoms with Crippen molar-refractivity contribution in [1.82, 2.24) is 14.8 Å². The fraction of sp³-hybridized carbons (Fsp3) is 0.308. The molecule has 7 nitrogen and oxygen atoms in total. The summed E-state index contributed by atoms with van der Waals surface area (Å²) in [6.45, 7) is 0.688. The van der Waals surface area contributed by atoms with E-state index < -0.39 is 5.54 Å². The first kappa shape index (κ1) is 14.0. The largest absolute Gasteiger partial charge is 0.379 e. The van der Waals surface area contributed by atoms with Crippen molar-refractivity contribution in [3.63, 3.8) is 0 Å². The number of nitrogens with two attached hydrogens (primary N) is 1. The van der Waals surface area contributed by atoms with E-state index in [2.05, 4.69) is 15.4 Å². The summed E-state index contributed by atoms with van der Waals surface area (Å²) < 4.78 is 6.75. The van der Waals surface area contributed by atoms with Crippen LogP contribution in [0, 0.1) is 0 Å². The van der Waals surface area contributed by atoms with Gasteiger partial charge in [-0.15, -0.1) is 0 Å². The molecule has 110 valence electrons. The Morgan fingerprint density at radius 3 is 3.05 bits per heavy atom. The molecule has 1 aromatic heterocycles. The Bertz CT molecular complexity index is 653. The van der Waals surface area contributed by atoms with E-state index in [0.717, 1.165) is 0 Å². The van der Waals surface area contributed by atoms with Gasteiger partial charge in [-0.3, -0.25) is 4.79 Å². The molecule has 3 rings (SSSR count). The highest BCUT2D eigenvalue weighted by Gasteiger charge is 2.38. The van der Waals surface area contributed by atoms with E-state index in [0.29, 0.717) is 29.4 Å². The van der Waals surface area contributed by atoms with Crippen molar-refractivity contribution in [1.29, 1.82) is 0 Å². The Morgan fingerprint density at radius 1 is 1.52 bits per heavy atom. The number of aromatic nitrogens is 3. The second-order valence-electron chi connectivity index (χ2n) is 4.91. The first-order valence-electron chi connectivity index (χ1n) is 6.41. The lowest BCUT2D eigenvalue weighted by atomic mass is 9.99. The number of carbonyl (C=O) groups is 1. The Hall–Kier alpha value is -1.96. The number of amides is 1. The van der Waals surface area contributed by atoms with Crippen LogP contribution in [-0.4, -0.2) is 39.4 Å². The van der Waals surface area contributed by atoms with Crippen molar-refractivity contribution < 1.29 is 9.53 Å². The van der Waals surface area contributed by atoms with E-state index in [9.17, 15) is 4.79 Å². The van der Waals surface area contributed by atoms with Crippen molar-refractivity contribution >= 4 is 23.2 Å². The predicted molar refractivity (Wildman–Crippen MR) is 77.4 cm³/mol. The first-order valence-corrected chi connectivity index (χ1v) is 6.79. The summed E-state index contributed by atoms with van der Waals surface area (Å²) in [6.07, 6.45) is 3.43. The average molecular weight is 308 g/mol. The van der Waals surface area contributed by atoms with E-state index in [1.54, 1.807) is 22.9 Å². The zero-order chi connectivity index (χ0) is 14.9. The van der Waals surface area contributed by atoms with Gasteiger partial charge >= 0.3 is 0 Å². The van der Waals surface area contributed by atoms with Gasteiger partial charge in [0.05, 0.1) is 18.0 Å². The second-order valence-corrected chi connectivity index (χ2v) is 5.35. The number of hydrogen-bond donors (Lipinski definition) is 2. The van der Waals surface area contributed by atoms with Crippen LogP contribution in [-0.2, 0) is 9.53 Å². The molecule has 1 saturated heterocycles. The van der Waals surface area contributed by atoms with Crippen molar-refractivity contribution in [2.24, 2.45) is 5.73 Å². The highest BCUT2D eigenvalue weighted by atomic mass is 35.5. The van der Waals surface area contributed by atoms with Gasteiger partial charge in [0.1, 0.15) is 18.2 Å². The lowest BCUT2D eigenvalue weighted by Gasteiger charge is -2.21. The molecule has 1 unspecified atom stereocenters. The molecule has 0 radical (unpaired) electrons. The van der Waals surface area contributed by atoms with Crippen LogP contribution in [0.15, 0.2) is 30.9 Å². The minimum Gasteiger partial charge on any atom is -0.379 e. The SMILES string of the molecule is NC1(C(=O)Nc2cc(Cl)ccc2-n2cncn2)CCOC1. The number of halogens is 1. The summed E-state index contributed by atoms with van der Waals surface area (Å²) in [7, 11) is 0. The molecule has 21 heavy (non-hydrogen) atoms. The molecule has 1 aromatic carbocycles. The van der Waals surface area contributed by atoms with Gasteiger partial charge in [0.2, 0.25) is 5.91 Å². The molecular formula is C13H14ClN5O2. The molecule has 1 atom stereocenters. The fourth-order valence-electron chi connectivity index (χ4n) is 2.15. The number of rotatable bonds is 3. The van der Waals surface area contributed by atoms with Crippen LogP contribution in [0.5, 0.6) is 0 Å². The third-order valence-electron chi connectivity index (χ3n) is 3.38. The van der Waals surface area contributed by atoms with Crippen molar-refractivity contribution in [2.75, 3.05) is 18.5 Å². The summed E-state index contributed by atoms with van der Waals surface area (Å²) in [5, 5.41) is 7.36. The summed E-state index contributed by atoms with van der Waals surface area (Å²) in [5.41, 5.74) is 6.22. The molecule has 2 aromatic rings. The van der Waals surface area contributed by atoms with Gasteiger partial charge in [-0.2, -0.15) is 5.10 Å². The number of anilines is 1. The highest BCUT2D eigenvalue weighted by molar-refractivity contribution is 6.31. The molecule has 0 saturated carbocycles. The smallest absolute Gasteiger partial charge is 0.247 e. The van der Waals surface area contributed by atoms with E-state index in [1.165, 1.54) is 12.7 Å². The standard InChI is InChI=1S/C13H14ClN5O2/c14-9-1-2-11(19-8-16-7-17-19)10(5-9)18-12(20)13(15)3-4-21-6-13/h1-2,5,7-8H,3-4,6,15H2,(H,18,20). The molecule has 0 aliphatic carbocycles. The van der Waals surface area contributed by atoms with Gasteiger partial charge in [0.15, 0.2) is 0 Å². The monoisotopic (exact) mass is 307 g/mol. The third-order valence-corrected chi connectivity index (χ3v) is 3.61. The minimum absolute atomic E-state index is 0.206. The minimum atomic E-state index is -1.01. The Labute approximate surface area is 126 Å². The highest BCUT2D eigenvalue weighted by Crippen LogP contribution is 2.26. The molecule has 0 bridgehead atoms. The quantitative estimate of drug-likeness (QED) is 0.881. The van der Waals surface area contributed by atoms with Crippen molar-refractivity contribution in [3.8, 4) is 5.69 Å². The van der Waals surface area contributed by atoms with Crippen LogP contribution in [0.1, 0.15) is 6.42 Å². The first-order chi connectivity index (χ1) is 10.1. The van der Waals surface area contributed by atoms with Crippen LogP contribution >= 0.6 is 11.6 Å². The number of hydrogen-bond acceptors (Lipinski definition) is 5. The zero-order valence-corrected chi connectivity index (χ0v) is 11.9. The number of benzene rings is 1. The number of carbonyl (C=O) groups excluding carboxylic acids is 1. The lowest BCUT2D eigenvalue weighted by Crippen LogP contribution is -2.51. The maximum absolute atomic E-state index is 12.4. The number of ether oxygens (including phenoxy) is 1. The normalized spacial score (nSPS) is 21.4. The predicted octanol–water partition coefficient (Wildman–Crippen LogP) is 0.977. The van der Waals surface area contributed by atoms with Crippen LogP contribution in [0.4, 0.5) is 5.69 Å². The molecule has 1 aliphatic heterocycles. The average Bonchev–Trinajstić information content (AvgIpc) is 3.11. The van der Waals surface area contributed by atoms with E-state index in [4.69, 9.17) is 22.1 Å². The summed E-state index contributed by atoms with van der Waals surface area (Å²) >= 11 is 6.00. The molecule has 2 heterocycles. The Morgan fingerprint density at radius 2 is 2.38 bits per heavy atom. The molecule has 0 spiro atoms. The molecule has 1 aliphatic rings. The molecule has 8 heteroatoms. The van der Waals surface area contributed by atoms with Crippen molar-refractivity contribution in [3.05, 3.63) is 35.9 Å². The Balaban J connectivity index is 1.91. The van der Waals surface area contributed by atoms with Crippen LogP contribution < -0.4 is 11.1 Å². The maximum atomic E-state index is 12.4. The fourth-order valence-corrected chi connectivity index (χ4v) is 2.32. The molecule has 3 N–H and O–H groups in total. The summed E-state index contributed by atoms with van der Waals surface area (Å²) in [4.78, 5) is 16.3. The van der Waals surface area contributed by atoms with Gasteiger partial charge < -0.3 is 15.8 Å². The van der Waals surface area contributed by atoms with Gasteiger partial charge in [0, 0.05) is 11.6 Å². The topological polar surface area (TPSA) is 95.1 Å². The summed E-state index contributed by atoms with van der Waals surface area (Å²) in [6, 6.07) is 5.11. The van der Waals surface area contributed by atoms with Gasteiger partial charge in [-0.05, 0) is 24.6 Å². The third kappa shape index (κ3) is 2.76.